The molecule has 1 amide bonds. The Morgan fingerprint density at radius 1 is 1.23 bits per heavy atom. The van der Waals surface area contributed by atoms with Crippen LogP contribution in [0.15, 0.2) is 34.7 Å². The topological polar surface area (TPSA) is 54.7 Å². The van der Waals surface area contributed by atoms with Crippen LogP contribution in [0.2, 0.25) is 0 Å². The van der Waals surface area contributed by atoms with Gasteiger partial charge in [-0.2, -0.15) is 8.78 Å². The summed E-state index contributed by atoms with van der Waals surface area (Å²) in [5, 5.41) is 2.57. The van der Waals surface area contributed by atoms with Crippen LogP contribution in [0, 0.1) is 6.92 Å². The number of aryl methyl sites for hydroxylation is 1. The van der Waals surface area contributed by atoms with Gasteiger partial charge in [0.2, 0.25) is 0 Å². The number of anilines is 1. The maximum absolute atomic E-state index is 12.6. The van der Waals surface area contributed by atoms with E-state index >= 15 is 0 Å². The minimum Gasteiger partial charge on any atom is -0.455 e. The largest absolute Gasteiger partial charge is 0.455 e. The van der Waals surface area contributed by atoms with Gasteiger partial charge in [-0.25, -0.2) is 0 Å². The maximum Gasteiger partial charge on any atom is 0.387 e. The molecule has 1 aromatic carbocycles. The van der Waals surface area contributed by atoms with Crippen molar-refractivity contribution in [2.24, 2.45) is 0 Å². The van der Waals surface area contributed by atoms with Crippen molar-refractivity contribution in [2.75, 3.05) is 18.4 Å². The maximum atomic E-state index is 12.6. The van der Waals surface area contributed by atoms with E-state index in [0.29, 0.717) is 12.3 Å². The summed E-state index contributed by atoms with van der Waals surface area (Å²) in [6, 6.07) is 8.05. The zero-order valence-corrected chi connectivity index (χ0v) is 14.6. The second-order valence-corrected chi connectivity index (χ2v) is 6.44. The second kappa shape index (κ2) is 8.31. The molecule has 1 aromatic heterocycles. The zero-order chi connectivity index (χ0) is 18.5. The van der Waals surface area contributed by atoms with E-state index in [0.717, 1.165) is 18.7 Å². The number of amides is 1. The summed E-state index contributed by atoms with van der Waals surface area (Å²) >= 11 is 0. The van der Waals surface area contributed by atoms with Gasteiger partial charge in [0.1, 0.15) is 11.5 Å². The van der Waals surface area contributed by atoms with Crippen LogP contribution in [0.25, 0.3) is 0 Å². The Balaban J connectivity index is 1.67. The van der Waals surface area contributed by atoms with Crippen LogP contribution >= 0.6 is 0 Å². The van der Waals surface area contributed by atoms with E-state index in [1.165, 1.54) is 31.4 Å². The summed E-state index contributed by atoms with van der Waals surface area (Å²) in [5.41, 5.74) is 0.926. The number of rotatable bonds is 6. The molecule has 0 radical (unpaired) electrons. The number of hydrogen-bond donors (Lipinski definition) is 1. The Kier molecular flexibility index (Phi) is 5.88. The molecule has 0 spiro atoms. The van der Waals surface area contributed by atoms with Crippen molar-refractivity contribution in [3.05, 3.63) is 47.4 Å². The molecule has 0 aliphatic carbocycles. The lowest BCUT2D eigenvalue weighted by Crippen LogP contribution is -2.28. The SMILES string of the molecule is Cc1ccc(NC(=O)c2ccc(CN3CCCCC3)o2)c(OC(F)F)c1. The smallest absolute Gasteiger partial charge is 0.387 e. The highest BCUT2D eigenvalue weighted by atomic mass is 19.3. The number of likely N-dealkylation sites (tertiary alicyclic amines) is 1. The molecule has 26 heavy (non-hydrogen) atoms. The monoisotopic (exact) mass is 364 g/mol. The average molecular weight is 364 g/mol. The van der Waals surface area contributed by atoms with Gasteiger partial charge in [-0.15, -0.1) is 0 Å². The number of furan rings is 1. The molecule has 0 atom stereocenters. The van der Waals surface area contributed by atoms with E-state index in [2.05, 4.69) is 15.0 Å². The van der Waals surface area contributed by atoms with E-state index in [1.54, 1.807) is 25.1 Å². The Labute approximate surface area is 150 Å². The molecule has 0 saturated carbocycles. The summed E-state index contributed by atoms with van der Waals surface area (Å²) in [5.74, 6) is 0.275. The second-order valence-electron chi connectivity index (χ2n) is 6.44. The molecule has 5 nitrogen and oxygen atoms in total. The number of hydrogen-bond acceptors (Lipinski definition) is 4. The van der Waals surface area contributed by atoms with Gasteiger partial charge in [-0.3, -0.25) is 9.69 Å². The molecule has 0 bridgehead atoms. The highest BCUT2D eigenvalue weighted by molar-refractivity contribution is 6.03. The number of ether oxygens (including phenoxy) is 1. The first-order valence-corrected chi connectivity index (χ1v) is 8.69. The van der Waals surface area contributed by atoms with E-state index in [4.69, 9.17) is 4.42 Å². The molecule has 7 heteroatoms. The van der Waals surface area contributed by atoms with E-state index in [9.17, 15) is 13.6 Å². The molecule has 140 valence electrons. The third-order valence-corrected chi connectivity index (χ3v) is 4.31. The number of nitrogens with zero attached hydrogens (tertiary/aromatic N) is 1. The molecular weight excluding hydrogens is 342 g/mol. The van der Waals surface area contributed by atoms with Crippen LogP contribution in [0.4, 0.5) is 14.5 Å². The molecular formula is C19H22F2N2O3. The van der Waals surface area contributed by atoms with Crippen LogP contribution in [-0.2, 0) is 6.54 Å². The van der Waals surface area contributed by atoms with Gasteiger partial charge in [0, 0.05) is 0 Å². The number of nitrogens with one attached hydrogen (secondary N) is 1. The van der Waals surface area contributed by atoms with Crippen LogP contribution in [0.1, 0.15) is 41.1 Å². The van der Waals surface area contributed by atoms with Crippen molar-refractivity contribution in [2.45, 2.75) is 39.3 Å². The van der Waals surface area contributed by atoms with Crippen LogP contribution in [0.5, 0.6) is 5.75 Å². The lowest BCUT2D eigenvalue weighted by Gasteiger charge is -2.25. The van der Waals surface area contributed by atoms with Crippen LogP contribution in [-0.4, -0.2) is 30.5 Å². The number of piperidine rings is 1. The number of carbonyl (C=O) groups is 1. The molecule has 1 N–H and O–H groups in total. The standard InChI is InChI=1S/C19H22F2N2O3/c1-13-5-7-15(17(11-13)26-19(20)21)22-18(24)16-8-6-14(25-16)12-23-9-3-2-4-10-23/h5-8,11,19H,2-4,9-10,12H2,1H3,(H,22,24). The lowest BCUT2D eigenvalue weighted by molar-refractivity contribution is -0.0494. The molecule has 1 aliphatic heterocycles. The Morgan fingerprint density at radius 3 is 2.73 bits per heavy atom. The van der Waals surface area contributed by atoms with Gasteiger partial charge in [-0.1, -0.05) is 12.5 Å². The zero-order valence-electron chi connectivity index (χ0n) is 14.6. The van der Waals surface area contributed by atoms with Crippen molar-refractivity contribution in [3.63, 3.8) is 0 Å². The van der Waals surface area contributed by atoms with Crippen molar-refractivity contribution in [3.8, 4) is 5.75 Å². The molecule has 2 heterocycles. The summed E-state index contributed by atoms with van der Waals surface area (Å²) in [6.45, 7) is 1.51. The number of carbonyl (C=O) groups excluding carboxylic acids is 1. The quantitative estimate of drug-likeness (QED) is 0.824. The molecule has 0 unspecified atom stereocenters. The predicted molar refractivity (Wildman–Crippen MR) is 93.6 cm³/mol. The fourth-order valence-corrected chi connectivity index (χ4v) is 3.03. The number of alkyl halides is 2. The predicted octanol–water partition coefficient (Wildman–Crippen LogP) is 4.43. The molecule has 1 saturated heterocycles. The van der Waals surface area contributed by atoms with Crippen molar-refractivity contribution >= 4 is 11.6 Å². The normalized spacial score (nSPS) is 15.2. The first-order chi connectivity index (χ1) is 12.5. The lowest BCUT2D eigenvalue weighted by atomic mass is 10.1. The average Bonchev–Trinajstić information content (AvgIpc) is 3.06. The summed E-state index contributed by atoms with van der Waals surface area (Å²) in [4.78, 5) is 14.7. The van der Waals surface area contributed by atoms with Crippen molar-refractivity contribution in [1.82, 2.24) is 4.90 Å². The Bertz CT molecular complexity index is 755. The highest BCUT2D eigenvalue weighted by Gasteiger charge is 2.17. The third-order valence-electron chi connectivity index (χ3n) is 4.31. The molecule has 2 aromatic rings. The van der Waals surface area contributed by atoms with Gasteiger partial charge in [0.25, 0.3) is 5.91 Å². The van der Waals surface area contributed by atoms with Gasteiger partial charge in [-0.05, 0) is 62.7 Å². The van der Waals surface area contributed by atoms with Crippen molar-refractivity contribution in [1.29, 1.82) is 0 Å². The summed E-state index contributed by atoms with van der Waals surface area (Å²) in [7, 11) is 0. The van der Waals surface area contributed by atoms with E-state index in [1.807, 2.05) is 0 Å². The molecule has 1 aliphatic rings. The molecule has 3 rings (SSSR count). The Hall–Kier alpha value is -2.41. The van der Waals surface area contributed by atoms with Crippen LogP contribution in [0.3, 0.4) is 0 Å². The fraction of sp³-hybridized carbons (Fsp3) is 0.421. The van der Waals surface area contributed by atoms with Gasteiger partial charge >= 0.3 is 6.61 Å². The van der Waals surface area contributed by atoms with E-state index < -0.39 is 12.5 Å². The fourth-order valence-electron chi connectivity index (χ4n) is 3.03. The molecule has 1 fully saturated rings. The summed E-state index contributed by atoms with van der Waals surface area (Å²) in [6.07, 6.45) is 3.60. The minimum atomic E-state index is -2.97. The van der Waals surface area contributed by atoms with Crippen molar-refractivity contribution < 1.29 is 22.7 Å². The minimum absolute atomic E-state index is 0.0755. The number of halogens is 2. The van der Waals surface area contributed by atoms with Gasteiger partial charge in [0.05, 0.1) is 12.2 Å². The summed E-state index contributed by atoms with van der Waals surface area (Å²) < 4.78 is 35.2. The van der Waals surface area contributed by atoms with Gasteiger partial charge < -0.3 is 14.5 Å². The number of benzene rings is 1. The third kappa shape index (κ3) is 4.82. The van der Waals surface area contributed by atoms with E-state index in [-0.39, 0.29) is 17.2 Å². The Morgan fingerprint density at radius 2 is 2.00 bits per heavy atom. The van der Waals surface area contributed by atoms with Gasteiger partial charge in [0.15, 0.2) is 5.76 Å². The van der Waals surface area contributed by atoms with Crippen LogP contribution < -0.4 is 10.1 Å². The highest BCUT2D eigenvalue weighted by Crippen LogP contribution is 2.28. The first-order valence-electron chi connectivity index (χ1n) is 8.69. The first kappa shape index (κ1) is 18.4.